The van der Waals surface area contributed by atoms with Gasteiger partial charge in [0.25, 0.3) is 0 Å². The van der Waals surface area contributed by atoms with Gasteiger partial charge in [-0.25, -0.2) is 9.97 Å². The number of hydrogen-bond donors (Lipinski definition) is 0. The van der Waals surface area contributed by atoms with Gasteiger partial charge in [0, 0.05) is 46.5 Å². The molecule has 1 aliphatic heterocycles. The molecule has 0 spiro atoms. The average Bonchev–Trinajstić information content (AvgIpc) is 2.61. The largest absolute Gasteiger partial charge is 0.354 e. The summed E-state index contributed by atoms with van der Waals surface area (Å²) >= 11 is 0. The van der Waals surface area contributed by atoms with Gasteiger partial charge in [0.2, 0.25) is 5.91 Å². The van der Waals surface area contributed by atoms with Crippen molar-refractivity contribution in [2.45, 2.75) is 0 Å². The highest BCUT2D eigenvalue weighted by Crippen LogP contribution is 2.16. The molecule has 6 nitrogen and oxygen atoms in total. The molecule has 0 aromatic carbocycles. The minimum absolute atomic E-state index is 0.0162. The topological polar surface area (TPSA) is 52.6 Å². The van der Waals surface area contributed by atoms with Crippen LogP contribution in [0.4, 0.5) is 5.82 Å². The van der Waals surface area contributed by atoms with Crippen molar-refractivity contribution in [1.29, 1.82) is 0 Å². The second-order valence-corrected chi connectivity index (χ2v) is 5.21. The highest BCUT2D eigenvalue weighted by molar-refractivity contribution is 5.79. The Balaban J connectivity index is 2.16. The molecule has 1 amide bonds. The van der Waals surface area contributed by atoms with Gasteiger partial charge in [-0.3, -0.25) is 4.79 Å². The molecule has 2 heterocycles. The standard InChI is InChI=1S/C13H21N5O/c1-16(2)13(19)11-8-17(3)6-7-18(9-11)12-4-5-14-10-15-12/h4-5,10-11H,6-9H2,1-3H3. The first kappa shape index (κ1) is 13.7. The third kappa shape index (κ3) is 3.41. The van der Waals surface area contributed by atoms with Gasteiger partial charge in [-0.15, -0.1) is 0 Å². The molecule has 1 atom stereocenters. The monoisotopic (exact) mass is 263 g/mol. The molecule has 1 unspecified atom stereocenters. The van der Waals surface area contributed by atoms with Crippen LogP contribution in [0.15, 0.2) is 18.6 Å². The Hall–Kier alpha value is -1.69. The van der Waals surface area contributed by atoms with Gasteiger partial charge < -0.3 is 14.7 Å². The van der Waals surface area contributed by atoms with Gasteiger partial charge in [0.1, 0.15) is 12.1 Å². The molecule has 0 bridgehead atoms. The summed E-state index contributed by atoms with van der Waals surface area (Å²) in [5.74, 6) is 1.05. The molecule has 6 heteroatoms. The van der Waals surface area contributed by atoms with Crippen LogP contribution in [0.5, 0.6) is 0 Å². The Morgan fingerprint density at radius 1 is 1.37 bits per heavy atom. The van der Waals surface area contributed by atoms with Crippen molar-refractivity contribution < 1.29 is 4.79 Å². The van der Waals surface area contributed by atoms with Crippen molar-refractivity contribution in [2.24, 2.45) is 5.92 Å². The molecule has 0 aliphatic carbocycles. The Morgan fingerprint density at radius 2 is 2.16 bits per heavy atom. The zero-order valence-electron chi connectivity index (χ0n) is 11.8. The molecule has 0 N–H and O–H groups in total. The van der Waals surface area contributed by atoms with Crippen LogP contribution in [0.25, 0.3) is 0 Å². The van der Waals surface area contributed by atoms with Gasteiger partial charge in [-0.05, 0) is 13.1 Å². The quantitative estimate of drug-likeness (QED) is 0.748. The summed E-state index contributed by atoms with van der Waals surface area (Å²) in [6.45, 7) is 3.31. The number of rotatable bonds is 2. The van der Waals surface area contributed by atoms with Gasteiger partial charge >= 0.3 is 0 Å². The number of amides is 1. The maximum Gasteiger partial charge on any atom is 0.228 e. The van der Waals surface area contributed by atoms with Crippen molar-refractivity contribution in [1.82, 2.24) is 19.8 Å². The summed E-state index contributed by atoms with van der Waals surface area (Å²) in [6.07, 6.45) is 3.28. The van der Waals surface area contributed by atoms with Crippen LogP contribution in [0.1, 0.15) is 0 Å². The van der Waals surface area contributed by atoms with Crippen LogP contribution in [-0.4, -0.2) is 73.0 Å². The highest BCUT2D eigenvalue weighted by atomic mass is 16.2. The minimum atomic E-state index is -0.0162. The summed E-state index contributed by atoms with van der Waals surface area (Å²) < 4.78 is 0. The van der Waals surface area contributed by atoms with E-state index in [0.29, 0.717) is 6.54 Å². The first-order valence-electron chi connectivity index (χ1n) is 6.48. The van der Waals surface area contributed by atoms with Crippen LogP contribution in [0.3, 0.4) is 0 Å². The van der Waals surface area contributed by atoms with E-state index in [0.717, 1.165) is 25.5 Å². The molecule has 104 valence electrons. The van der Waals surface area contributed by atoms with Crippen LogP contribution in [0, 0.1) is 5.92 Å². The maximum atomic E-state index is 12.2. The summed E-state index contributed by atoms with van der Waals surface area (Å²) in [5, 5.41) is 0. The van der Waals surface area contributed by atoms with E-state index >= 15 is 0 Å². The summed E-state index contributed by atoms with van der Waals surface area (Å²) in [5.41, 5.74) is 0. The molecule has 0 radical (unpaired) electrons. The van der Waals surface area contributed by atoms with E-state index in [1.54, 1.807) is 17.4 Å². The van der Waals surface area contributed by atoms with Crippen molar-refractivity contribution in [2.75, 3.05) is 52.2 Å². The Bertz CT molecular complexity index is 422. The van der Waals surface area contributed by atoms with E-state index < -0.39 is 0 Å². The second-order valence-electron chi connectivity index (χ2n) is 5.21. The molecule has 1 aromatic rings. The highest BCUT2D eigenvalue weighted by Gasteiger charge is 2.28. The fourth-order valence-corrected chi connectivity index (χ4v) is 2.37. The zero-order chi connectivity index (χ0) is 13.8. The van der Waals surface area contributed by atoms with Crippen LogP contribution >= 0.6 is 0 Å². The molecular weight excluding hydrogens is 242 g/mol. The van der Waals surface area contributed by atoms with Gasteiger partial charge in [-0.1, -0.05) is 0 Å². The number of anilines is 1. The summed E-state index contributed by atoms with van der Waals surface area (Å²) in [6, 6.07) is 1.89. The van der Waals surface area contributed by atoms with E-state index in [2.05, 4.69) is 26.8 Å². The number of carbonyl (C=O) groups is 1. The number of aromatic nitrogens is 2. The number of nitrogens with zero attached hydrogens (tertiary/aromatic N) is 5. The predicted molar refractivity (Wildman–Crippen MR) is 73.9 cm³/mol. The normalized spacial score (nSPS) is 21.0. The van der Waals surface area contributed by atoms with E-state index in [1.807, 2.05) is 20.2 Å². The van der Waals surface area contributed by atoms with Crippen molar-refractivity contribution in [3.8, 4) is 0 Å². The van der Waals surface area contributed by atoms with Gasteiger partial charge in [0.15, 0.2) is 0 Å². The molecule has 2 rings (SSSR count). The molecule has 19 heavy (non-hydrogen) atoms. The fraction of sp³-hybridized carbons (Fsp3) is 0.615. The zero-order valence-corrected chi connectivity index (χ0v) is 11.8. The first-order chi connectivity index (χ1) is 9.08. The number of likely N-dealkylation sites (N-methyl/N-ethyl adjacent to an activating group) is 1. The number of carbonyl (C=O) groups excluding carboxylic acids is 1. The third-order valence-corrected chi connectivity index (χ3v) is 3.40. The second kappa shape index (κ2) is 5.97. The summed E-state index contributed by atoms with van der Waals surface area (Å²) in [7, 11) is 5.67. The van der Waals surface area contributed by atoms with Crippen molar-refractivity contribution >= 4 is 11.7 Å². The fourth-order valence-electron chi connectivity index (χ4n) is 2.37. The van der Waals surface area contributed by atoms with E-state index in [-0.39, 0.29) is 11.8 Å². The maximum absolute atomic E-state index is 12.2. The molecule has 0 saturated carbocycles. The van der Waals surface area contributed by atoms with Crippen LogP contribution in [-0.2, 0) is 4.79 Å². The molecule has 1 aliphatic rings. The van der Waals surface area contributed by atoms with Crippen molar-refractivity contribution in [3.05, 3.63) is 18.6 Å². The number of hydrogen-bond acceptors (Lipinski definition) is 5. The van der Waals surface area contributed by atoms with Gasteiger partial charge in [-0.2, -0.15) is 0 Å². The lowest BCUT2D eigenvalue weighted by atomic mass is 10.1. The third-order valence-electron chi connectivity index (χ3n) is 3.40. The average molecular weight is 263 g/mol. The van der Waals surface area contributed by atoms with Crippen LogP contribution < -0.4 is 4.90 Å². The first-order valence-corrected chi connectivity index (χ1v) is 6.48. The predicted octanol–water partition coefficient (Wildman–Crippen LogP) is -0.0672. The Kier molecular flexibility index (Phi) is 4.31. The molecule has 1 fully saturated rings. The van der Waals surface area contributed by atoms with Crippen LogP contribution in [0.2, 0.25) is 0 Å². The van der Waals surface area contributed by atoms with E-state index in [4.69, 9.17) is 0 Å². The SMILES string of the molecule is CN1CCN(c2ccncn2)CC(C(=O)N(C)C)C1. The molecule has 1 aromatic heterocycles. The van der Waals surface area contributed by atoms with Gasteiger partial charge in [0.05, 0.1) is 5.92 Å². The Morgan fingerprint density at radius 3 is 2.79 bits per heavy atom. The lowest BCUT2D eigenvalue weighted by Crippen LogP contribution is -2.40. The van der Waals surface area contributed by atoms with E-state index in [9.17, 15) is 4.79 Å². The molecule has 1 saturated heterocycles. The Labute approximate surface area is 114 Å². The summed E-state index contributed by atoms with van der Waals surface area (Å²) in [4.78, 5) is 26.5. The smallest absolute Gasteiger partial charge is 0.228 e. The minimum Gasteiger partial charge on any atom is -0.354 e. The van der Waals surface area contributed by atoms with E-state index in [1.165, 1.54) is 0 Å². The lowest BCUT2D eigenvalue weighted by Gasteiger charge is -2.26. The lowest BCUT2D eigenvalue weighted by molar-refractivity contribution is -0.133. The van der Waals surface area contributed by atoms with Crippen molar-refractivity contribution in [3.63, 3.8) is 0 Å². The molecular formula is C13H21N5O.